The normalized spacial score (nSPS) is 20.8. The predicted octanol–water partition coefficient (Wildman–Crippen LogP) is 2.96. The smallest absolute Gasteiger partial charge is 0.317 e. The maximum absolute atomic E-state index is 12.5. The van der Waals surface area contributed by atoms with E-state index >= 15 is 0 Å². The summed E-state index contributed by atoms with van der Waals surface area (Å²) in [5.41, 5.74) is 0.717. The largest absolute Gasteiger partial charge is 0.469 e. The zero-order valence-corrected chi connectivity index (χ0v) is 13.8. The summed E-state index contributed by atoms with van der Waals surface area (Å²) in [7, 11) is 1.37. The van der Waals surface area contributed by atoms with Crippen molar-refractivity contribution >= 4 is 12.0 Å². The molecule has 7 heteroatoms. The van der Waals surface area contributed by atoms with E-state index in [4.69, 9.17) is 4.74 Å². The number of rotatable bonds is 4. The Hall–Kier alpha value is -2.18. The molecule has 1 heterocycles. The van der Waals surface area contributed by atoms with Crippen LogP contribution in [0.4, 0.5) is 13.6 Å². The van der Waals surface area contributed by atoms with Crippen molar-refractivity contribution < 1.29 is 23.1 Å². The number of nitrogens with one attached hydrogen (secondary N) is 1. The number of piperidine rings is 1. The Labute approximate surface area is 140 Å². The number of urea groups is 1. The molecule has 1 N–H and O–H groups in total. The number of benzene rings is 1. The van der Waals surface area contributed by atoms with E-state index < -0.39 is 6.43 Å². The van der Waals surface area contributed by atoms with Crippen molar-refractivity contribution in [3.8, 4) is 0 Å². The molecule has 2 amide bonds. The number of likely N-dealkylation sites (tertiary alicyclic amines) is 1. The summed E-state index contributed by atoms with van der Waals surface area (Å²) in [6.07, 6.45) is -1.92. The monoisotopic (exact) mass is 340 g/mol. The fourth-order valence-corrected chi connectivity index (χ4v) is 2.90. The highest BCUT2D eigenvalue weighted by Gasteiger charge is 2.33. The zero-order valence-electron chi connectivity index (χ0n) is 13.8. The van der Waals surface area contributed by atoms with E-state index in [1.54, 1.807) is 17.0 Å². The van der Waals surface area contributed by atoms with Crippen molar-refractivity contribution in [2.75, 3.05) is 20.2 Å². The quantitative estimate of drug-likeness (QED) is 0.858. The average Bonchev–Trinajstić information content (AvgIpc) is 2.59. The summed E-state index contributed by atoms with van der Waals surface area (Å²) >= 11 is 0. The SMILES string of the molecule is COC(=O)[C@H]1CCN(C(=O)NCc2ccc(C(F)F)cc2)C[C@@H]1C. The lowest BCUT2D eigenvalue weighted by Gasteiger charge is -2.35. The number of alkyl halides is 2. The molecule has 0 bridgehead atoms. The number of amides is 2. The van der Waals surface area contributed by atoms with E-state index in [2.05, 4.69) is 5.32 Å². The van der Waals surface area contributed by atoms with Gasteiger partial charge in [0.2, 0.25) is 0 Å². The van der Waals surface area contributed by atoms with Crippen molar-refractivity contribution in [3.63, 3.8) is 0 Å². The van der Waals surface area contributed by atoms with Crippen molar-refractivity contribution in [2.45, 2.75) is 26.3 Å². The maximum Gasteiger partial charge on any atom is 0.317 e. The number of carbonyl (C=O) groups is 2. The summed E-state index contributed by atoms with van der Waals surface area (Å²) in [5.74, 6) is -0.384. The molecule has 1 aliphatic heterocycles. The lowest BCUT2D eigenvalue weighted by molar-refractivity contribution is -0.148. The predicted molar refractivity (Wildman–Crippen MR) is 84.5 cm³/mol. The van der Waals surface area contributed by atoms with Crippen LogP contribution in [0.3, 0.4) is 0 Å². The van der Waals surface area contributed by atoms with Crippen molar-refractivity contribution in [3.05, 3.63) is 35.4 Å². The summed E-state index contributed by atoms with van der Waals surface area (Å²) in [6.45, 7) is 3.16. The molecule has 0 unspecified atom stereocenters. The van der Waals surface area contributed by atoms with Crippen LogP contribution in [0.5, 0.6) is 0 Å². The minimum absolute atomic E-state index is 0.0299. The summed E-state index contributed by atoms with van der Waals surface area (Å²) in [5, 5.41) is 2.78. The Morgan fingerprint density at radius 1 is 1.33 bits per heavy atom. The first-order chi connectivity index (χ1) is 11.4. The second kappa shape index (κ2) is 8.08. The lowest BCUT2D eigenvalue weighted by Crippen LogP contribution is -2.48. The van der Waals surface area contributed by atoms with Gasteiger partial charge in [-0.1, -0.05) is 31.2 Å². The van der Waals surface area contributed by atoms with Crippen molar-refractivity contribution in [1.29, 1.82) is 0 Å². The van der Waals surface area contributed by atoms with Crippen LogP contribution in [0, 0.1) is 11.8 Å². The maximum atomic E-state index is 12.5. The van der Waals surface area contributed by atoms with Gasteiger partial charge in [0.15, 0.2) is 0 Å². The molecule has 0 saturated carbocycles. The number of hydrogen-bond donors (Lipinski definition) is 1. The van der Waals surface area contributed by atoms with Gasteiger partial charge in [-0.05, 0) is 17.9 Å². The molecule has 0 radical (unpaired) electrons. The van der Waals surface area contributed by atoms with E-state index in [9.17, 15) is 18.4 Å². The van der Waals surface area contributed by atoms with E-state index in [1.807, 2.05) is 6.92 Å². The Bertz CT molecular complexity index is 578. The van der Waals surface area contributed by atoms with Gasteiger partial charge in [0.05, 0.1) is 13.0 Å². The van der Waals surface area contributed by atoms with Crippen LogP contribution in [0.2, 0.25) is 0 Å². The number of halogens is 2. The third-order valence-corrected chi connectivity index (χ3v) is 4.37. The molecule has 1 saturated heterocycles. The summed E-state index contributed by atoms with van der Waals surface area (Å²) in [6, 6.07) is 5.65. The summed E-state index contributed by atoms with van der Waals surface area (Å²) in [4.78, 5) is 25.5. The molecule has 0 aliphatic carbocycles. The second-order valence-electron chi connectivity index (χ2n) is 6.04. The van der Waals surface area contributed by atoms with Gasteiger partial charge in [0, 0.05) is 25.2 Å². The van der Waals surface area contributed by atoms with Gasteiger partial charge < -0.3 is 15.0 Å². The van der Waals surface area contributed by atoms with Crippen LogP contribution in [0.1, 0.15) is 30.9 Å². The Kier molecular flexibility index (Phi) is 6.11. The number of ether oxygens (including phenoxy) is 1. The van der Waals surface area contributed by atoms with Crippen LogP contribution in [0.25, 0.3) is 0 Å². The third kappa shape index (κ3) is 4.43. The van der Waals surface area contributed by atoms with E-state index in [0.717, 1.165) is 5.56 Å². The molecule has 1 aromatic carbocycles. The van der Waals surface area contributed by atoms with Crippen LogP contribution < -0.4 is 5.32 Å². The molecule has 5 nitrogen and oxygen atoms in total. The van der Waals surface area contributed by atoms with E-state index in [1.165, 1.54) is 19.2 Å². The molecule has 1 aliphatic rings. The Balaban J connectivity index is 1.84. The van der Waals surface area contributed by atoms with Gasteiger partial charge in [-0.3, -0.25) is 4.79 Å². The molecule has 132 valence electrons. The van der Waals surface area contributed by atoms with Crippen molar-refractivity contribution in [2.24, 2.45) is 11.8 Å². The topological polar surface area (TPSA) is 58.6 Å². The molecular formula is C17H22F2N2O3. The van der Waals surface area contributed by atoms with E-state index in [-0.39, 0.29) is 35.9 Å². The van der Waals surface area contributed by atoms with Gasteiger partial charge in [-0.25, -0.2) is 13.6 Å². The average molecular weight is 340 g/mol. The fraction of sp³-hybridized carbons (Fsp3) is 0.529. The number of hydrogen-bond acceptors (Lipinski definition) is 3. The zero-order chi connectivity index (χ0) is 17.7. The number of esters is 1. The van der Waals surface area contributed by atoms with Crippen LogP contribution in [-0.2, 0) is 16.1 Å². The number of methoxy groups -OCH3 is 1. The molecule has 24 heavy (non-hydrogen) atoms. The molecule has 0 spiro atoms. The first-order valence-electron chi connectivity index (χ1n) is 7.90. The highest BCUT2D eigenvalue weighted by molar-refractivity contribution is 5.76. The molecule has 2 rings (SSSR count). The van der Waals surface area contributed by atoms with Crippen LogP contribution >= 0.6 is 0 Å². The molecular weight excluding hydrogens is 318 g/mol. The van der Waals surface area contributed by atoms with Gasteiger partial charge in [0.1, 0.15) is 0 Å². The molecule has 1 fully saturated rings. The first kappa shape index (κ1) is 18.2. The molecule has 0 aromatic heterocycles. The summed E-state index contributed by atoms with van der Waals surface area (Å²) < 4.78 is 29.8. The number of nitrogens with zero attached hydrogens (tertiary/aromatic N) is 1. The van der Waals surface area contributed by atoms with Gasteiger partial charge in [-0.2, -0.15) is 0 Å². The van der Waals surface area contributed by atoms with Crippen LogP contribution in [-0.4, -0.2) is 37.1 Å². The highest BCUT2D eigenvalue weighted by atomic mass is 19.3. The van der Waals surface area contributed by atoms with Gasteiger partial charge in [-0.15, -0.1) is 0 Å². The Morgan fingerprint density at radius 2 is 2.00 bits per heavy atom. The number of carbonyl (C=O) groups excluding carboxylic acids is 2. The minimum atomic E-state index is -2.49. The van der Waals surface area contributed by atoms with Gasteiger partial charge in [0.25, 0.3) is 6.43 Å². The highest BCUT2D eigenvalue weighted by Crippen LogP contribution is 2.24. The fourth-order valence-electron chi connectivity index (χ4n) is 2.90. The van der Waals surface area contributed by atoms with Gasteiger partial charge >= 0.3 is 12.0 Å². The Morgan fingerprint density at radius 3 is 2.54 bits per heavy atom. The van der Waals surface area contributed by atoms with Crippen molar-refractivity contribution in [1.82, 2.24) is 10.2 Å². The second-order valence-corrected chi connectivity index (χ2v) is 6.04. The third-order valence-electron chi connectivity index (χ3n) is 4.37. The standard InChI is InChI=1S/C17H22F2N2O3/c1-11-10-21(8-7-14(11)16(22)24-2)17(23)20-9-12-3-5-13(6-4-12)15(18)19/h3-6,11,14-15H,7-10H2,1-2H3,(H,20,23)/t11-,14-/m0/s1. The molecule has 1 aromatic rings. The lowest BCUT2D eigenvalue weighted by atomic mass is 9.87. The first-order valence-corrected chi connectivity index (χ1v) is 7.90. The minimum Gasteiger partial charge on any atom is -0.469 e. The van der Waals surface area contributed by atoms with E-state index in [0.29, 0.717) is 19.5 Å². The van der Waals surface area contributed by atoms with Crippen LogP contribution in [0.15, 0.2) is 24.3 Å². The molecule has 2 atom stereocenters.